The van der Waals surface area contributed by atoms with Crippen molar-refractivity contribution in [2.75, 3.05) is 0 Å². The molecule has 92 heavy (non-hydrogen) atoms. The third-order valence-electron chi connectivity index (χ3n) is 14.7. The molecule has 0 N–H and O–H groups in total. The molecule has 6 aliphatic rings. The number of hydrogen-bond donors (Lipinski definition) is 0. The highest BCUT2D eigenvalue weighted by Gasteiger charge is 2.92. The van der Waals surface area contributed by atoms with E-state index in [9.17, 15) is 42.1 Å². The van der Waals surface area contributed by atoms with Crippen molar-refractivity contribution in [3.05, 3.63) is 0 Å². The lowest BCUT2D eigenvalue weighted by Crippen LogP contribution is -2.93. The van der Waals surface area contributed by atoms with Gasteiger partial charge in [0.15, 0.2) is 66.5 Å². The van der Waals surface area contributed by atoms with E-state index < -0.39 is 139 Å². The summed E-state index contributed by atoms with van der Waals surface area (Å²) >= 11 is 0. The Morgan fingerprint density at radius 3 is 0.359 bits per heavy atom. The summed E-state index contributed by atoms with van der Waals surface area (Å²) < 4.78 is 155. The van der Waals surface area contributed by atoms with Crippen LogP contribution in [-0.2, 0) is 82.3 Å². The van der Waals surface area contributed by atoms with Crippen LogP contribution >= 0.6 is 0 Å². The van der Waals surface area contributed by atoms with Gasteiger partial charge in [-0.15, -0.1) is 0 Å². The molecule has 6 rings (SSSR count). The van der Waals surface area contributed by atoms with Crippen molar-refractivity contribution >= 4 is 139 Å². The lowest BCUT2D eigenvalue weighted by atomic mass is 10.4. The first-order valence-corrected chi connectivity index (χ1v) is 69.6. The van der Waals surface area contributed by atoms with Gasteiger partial charge in [0.25, 0.3) is 0 Å². The van der Waals surface area contributed by atoms with Gasteiger partial charge in [0.2, 0.25) is 0 Å². The zero-order chi connectivity index (χ0) is 68.8. The maximum atomic E-state index is 9.94. The smallest absolute Gasteiger partial charge is 0.395 e. The molecule has 512 valence electrons. The molecule has 6 aliphatic heterocycles. The second-order valence-electron chi connectivity index (χ2n) is 28.2. The van der Waals surface area contributed by atoms with Crippen molar-refractivity contribution in [1.82, 2.24) is 0 Å². The second-order valence-corrected chi connectivity index (χ2v) is 84.7. The Hall–Kier alpha value is -1.41. The Bertz CT molecular complexity index is 2240. The highest BCUT2D eigenvalue weighted by Crippen LogP contribution is 2.54. The SMILES string of the molecule is C[Si](C)(CCCC#N)O[Si]12O[Si]3(O[Si](C)(C)CCCC#N)O[Si]4(O[Si](C)(C)CCCC#N)O[Si](O[Si](C)(C)CCCC#N)(O1)O[Si]1(O[Si](C)(C)CCCC#N)O[Si](O[Si](C)(C)CCCC#N)(O2)O[Si](O[Si](C)(C)CCCC#N)(O3)O[Si](O[Si](C)(C)CCCC#N)(O4)O1. The van der Waals surface area contributed by atoms with Crippen LogP contribution in [0.2, 0.25) is 153 Å². The molecule has 0 aromatic heterocycles. The minimum absolute atomic E-state index is 0.163. The number of rotatable bonds is 40. The summed E-state index contributed by atoms with van der Waals surface area (Å²) in [5.41, 5.74) is 0. The Labute approximate surface area is 563 Å². The van der Waals surface area contributed by atoms with E-state index in [0.717, 1.165) is 0 Å². The van der Waals surface area contributed by atoms with Gasteiger partial charge in [-0.25, -0.2) is 0 Å². The van der Waals surface area contributed by atoms with Crippen molar-refractivity contribution in [2.45, 2.75) is 256 Å². The summed E-state index contributed by atoms with van der Waals surface area (Å²) in [4.78, 5) is 0. The van der Waals surface area contributed by atoms with E-state index >= 15 is 0 Å². The van der Waals surface area contributed by atoms with Gasteiger partial charge in [0.05, 0.1) is 48.6 Å². The highest BCUT2D eigenvalue weighted by molar-refractivity contribution is 7.04. The van der Waals surface area contributed by atoms with Crippen LogP contribution in [0.4, 0.5) is 0 Å². The van der Waals surface area contributed by atoms with Crippen LogP contribution in [0.5, 0.6) is 0 Å². The normalized spacial score (nSPS) is 29.1. The lowest BCUT2D eigenvalue weighted by Gasteiger charge is -2.61. The fraction of sp³-hybridized carbons (Fsp3) is 0.833. The molecule has 6 fully saturated rings. The molecule has 0 saturated carbocycles. The van der Waals surface area contributed by atoms with Crippen LogP contribution in [0.15, 0.2) is 0 Å². The predicted molar refractivity (Wildman–Crippen MR) is 365 cm³/mol. The van der Waals surface area contributed by atoms with Crippen LogP contribution in [0, 0.1) is 90.6 Å². The second kappa shape index (κ2) is 32.7. The van der Waals surface area contributed by atoms with E-state index in [1.165, 1.54) is 0 Å². The first-order chi connectivity index (χ1) is 42.6. The van der Waals surface area contributed by atoms with Gasteiger partial charge in [-0.05, 0) is 204 Å². The van der Waals surface area contributed by atoms with Crippen molar-refractivity contribution in [3.8, 4) is 48.6 Å². The van der Waals surface area contributed by atoms with E-state index in [4.69, 9.17) is 82.3 Å². The molecule has 0 aliphatic carbocycles. The topological polar surface area (TPSA) is 375 Å². The number of nitriles is 8. The summed E-state index contributed by atoms with van der Waals surface area (Å²) in [7, 11) is -72.5. The van der Waals surface area contributed by atoms with Gasteiger partial charge >= 0.3 is 72.4 Å². The maximum Gasteiger partial charge on any atom is 0.651 e. The molecule has 0 unspecified atom stereocenters. The van der Waals surface area contributed by atoms with Crippen LogP contribution in [0.25, 0.3) is 0 Å². The molecule has 0 aromatic rings. The molecule has 8 bridgehead atoms. The van der Waals surface area contributed by atoms with Gasteiger partial charge in [-0.2, -0.15) is 42.1 Å². The first kappa shape index (κ1) is 81.3. The van der Waals surface area contributed by atoms with E-state index in [1.54, 1.807) is 0 Å². The summed E-state index contributed by atoms with van der Waals surface area (Å²) in [6.45, 7) is 30.3. The van der Waals surface area contributed by atoms with Crippen molar-refractivity contribution < 1.29 is 82.3 Å². The summed E-state index contributed by atoms with van der Waals surface area (Å²) in [6.07, 6.45) is 4.30. The lowest BCUT2D eigenvalue weighted by molar-refractivity contribution is -0.129. The monoisotopic (exact) mass is 1550 g/mol. The fourth-order valence-electron chi connectivity index (χ4n) is 10.7. The number of nitrogens with zero attached hydrogens (tertiary/aromatic N) is 8. The van der Waals surface area contributed by atoms with E-state index in [0.29, 0.717) is 99.7 Å². The van der Waals surface area contributed by atoms with Crippen LogP contribution in [-0.4, -0.2) is 139 Å². The molecular weight excluding hydrogens is 1460 g/mol. The van der Waals surface area contributed by atoms with Crippen LogP contribution in [0.1, 0.15) is 103 Å². The van der Waals surface area contributed by atoms with Gasteiger partial charge in [-0.1, -0.05) is 0 Å². The zero-order valence-corrected chi connectivity index (χ0v) is 72.7. The van der Waals surface area contributed by atoms with Gasteiger partial charge < -0.3 is 82.3 Å². The Balaban J connectivity index is 2.20. The molecular formula is C48H96N8O20Si16. The van der Waals surface area contributed by atoms with Gasteiger partial charge in [-0.3, -0.25) is 0 Å². The van der Waals surface area contributed by atoms with Gasteiger partial charge in [0, 0.05) is 51.4 Å². The van der Waals surface area contributed by atoms with Crippen molar-refractivity contribution in [1.29, 1.82) is 42.1 Å². The van der Waals surface area contributed by atoms with Crippen LogP contribution in [0.3, 0.4) is 0 Å². The summed E-state index contributed by atoms with van der Waals surface area (Å²) in [5, 5.41) is 79.5. The standard InChI is InChI=1S/C48H96N8O20Si16/c1-77(2,41-25-17-33-49)57-85-65-86(58-78(3,4)42-26-18-34-50)68-89(61-81(9,10)45-29-21-37-53)70-87(66-85,59-79(5,6)43-27-19-35-51)72-91(63-83(13,14)47-31-23-39-55)73-88(67-85,60-80(7,8)44-28-20-36-52)71-90(69-86,62-82(11,12)46-30-22-38-54)75-92(74-89,76-91)64-84(15,16)48-32-24-40-56/h17-32,41-48H2,1-16H3. The summed E-state index contributed by atoms with van der Waals surface area (Å²) in [6, 6.07) is 20.5. The third kappa shape index (κ3) is 24.5. The van der Waals surface area contributed by atoms with E-state index in [2.05, 4.69) is 48.6 Å². The minimum atomic E-state index is -5.64. The molecule has 0 amide bonds. The average molecular weight is 1550 g/mol. The first-order valence-electron chi connectivity index (χ1n) is 31.6. The number of unbranched alkanes of at least 4 members (excludes halogenated alkanes) is 8. The maximum absolute atomic E-state index is 9.94. The minimum Gasteiger partial charge on any atom is -0.395 e. The Morgan fingerprint density at radius 2 is 0.283 bits per heavy atom. The van der Waals surface area contributed by atoms with Crippen LogP contribution < -0.4 is 0 Å². The predicted octanol–water partition coefficient (Wildman–Crippen LogP) is 11.9. The molecule has 0 spiro atoms. The summed E-state index contributed by atoms with van der Waals surface area (Å²) in [5.74, 6) is 0. The third-order valence-corrected chi connectivity index (χ3v) is 76.9. The Morgan fingerprint density at radius 1 is 0.196 bits per heavy atom. The van der Waals surface area contributed by atoms with Crippen molar-refractivity contribution in [3.63, 3.8) is 0 Å². The fourth-order valence-corrected chi connectivity index (χ4v) is 84.5. The zero-order valence-electron chi connectivity index (χ0n) is 56.7. The molecule has 0 atom stereocenters. The molecule has 0 aromatic carbocycles. The van der Waals surface area contributed by atoms with E-state index in [1.807, 2.05) is 105 Å². The molecule has 44 heteroatoms. The molecule has 6 heterocycles. The Kier molecular flexibility index (Phi) is 28.9. The molecule has 6 saturated heterocycles. The number of hydrogen-bond acceptors (Lipinski definition) is 28. The quantitative estimate of drug-likeness (QED) is 0.0406. The van der Waals surface area contributed by atoms with Gasteiger partial charge in [0.1, 0.15) is 0 Å². The average Bonchev–Trinajstić information content (AvgIpc) is 0.680. The molecule has 28 nitrogen and oxygen atoms in total. The largest absolute Gasteiger partial charge is 0.651 e. The highest BCUT2D eigenvalue weighted by atomic mass is 28.7. The molecule has 0 radical (unpaired) electrons. The van der Waals surface area contributed by atoms with Crippen molar-refractivity contribution in [2.24, 2.45) is 0 Å². The van der Waals surface area contributed by atoms with E-state index in [-0.39, 0.29) is 51.4 Å².